The molecule has 0 spiro atoms. The molecule has 1 nitrogen and oxygen atoms in total. The normalized spacial score (nSPS) is 10.1. The molecule has 0 saturated heterocycles. The van der Waals surface area contributed by atoms with Crippen molar-refractivity contribution < 1.29 is 0 Å². The van der Waals surface area contributed by atoms with E-state index in [-0.39, 0.29) is 0 Å². The SMILES string of the molecule is Cc1cccnc1-c1ccccc1S. The average molecular weight is 201 g/mol. The zero-order chi connectivity index (χ0) is 9.97. The van der Waals surface area contributed by atoms with E-state index in [1.54, 1.807) is 0 Å². The summed E-state index contributed by atoms with van der Waals surface area (Å²) in [6.45, 7) is 2.06. The molecular formula is C12H11NS. The van der Waals surface area contributed by atoms with Gasteiger partial charge in [-0.1, -0.05) is 24.3 Å². The molecule has 2 heteroatoms. The topological polar surface area (TPSA) is 12.9 Å². The van der Waals surface area contributed by atoms with Gasteiger partial charge in [0, 0.05) is 16.7 Å². The van der Waals surface area contributed by atoms with Crippen LogP contribution in [0, 0.1) is 6.92 Å². The Morgan fingerprint density at radius 2 is 1.86 bits per heavy atom. The second kappa shape index (κ2) is 3.84. The lowest BCUT2D eigenvalue weighted by Gasteiger charge is -2.06. The number of hydrogen-bond acceptors (Lipinski definition) is 2. The maximum Gasteiger partial charge on any atom is 0.0742 e. The number of aryl methyl sites for hydroxylation is 1. The molecule has 1 heterocycles. The summed E-state index contributed by atoms with van der Waals surface area (Å²) < 4.78 is 0. The van der Waals surface area contributed by atoms with Gasteiger partial charge in [-0.2, -0.15) is 0 Å². The fourth-order valence-electron chi connectivity index (χ4n) is 1.44. The van der Waals surface area contributed by atoms with Crippen molar-refractivity contribution in [2.75, 3.05) is 0 Å². The van der Waals surface area contributed by atoms with Gasteiger partial charge in [0.2, 0.25) is 0 Å². The van der Waals surface area contributed by atoms with Crippen molar-refractivity contribution in [1.82, 2.24) is 4.98 Å². The Labute approximate surface area is 89.2 Å². The van der Waals surface area contributed by atoms with Crippen LogP contribution in [-0.2, 0) is 0 Å². The molecule has 0 radical (unpaired) electrons. The van der Waals surface area contributed by atoms with Crippen molar-refractivity contribution in [2.24, 2.45) is 0 Å². The van der Waals surface area contributed by atoms with Crippen molar-refractivity contribution in [3.8, 4) is 11.3 Å². The Balaban J connectivity index is 2.61. The number of nitrogens with zero attached hydrogens (tertiary/aromatic N) is 1. The van der Waals surface area contributed by atoms with E-state index < -0.39 is 0 Å². The monoisotopic (exact) mass is 201 g/mol. The molecule has 70 valence electrons. The molecule has 0 aliphatic carbocycles. The van der Waals surface area contributed by atoms with Gasteiger partial charge in [0.05, 0.1) is 5.69 Å². The van der Waals surface area contributed by atoms with Gasteiger partial charge in [-0.05, 0) is 24.6 Å². The predicted octanol–water partition coefficient (Wildman–Crippen LogP) is 3.35. The summed E-state index contributed by atoms with van der Waals surface area (Å²) in [4.78, 5) is 5.33. The summed E-state index contributed by atoms with van der Waals surface area (Å²) in [5.74, 6) is 0. The lowest BCUT2D eigenvalue weighted by molar-refractivity contribution is 1.25. The molecule has 0 aliphatic heterocycles. The second-order valence-corrected chi connectivity index (χ2v) is 3.67. The van der Waals surface area contributed by atoms with Crippen LogP contribution in [0.1, 0.15) is 5.56 Å². The minimum atomic E-state index is 0.967. The molecule has 0 fully saturated rings. The molecule has 0 bridgehead atoms. The van der Waals surface area contributed by atoms with Crippen LogP contribution in [0.3, 0.4) is 0 Å². The standard InChI is InChI=1S/C12H11NS/c1-9-5-4-8-13-12(9)10-6-2-3-7-11(10)14/h2-8,14H,1H3. The Kier molecular flexibility index (Phi) is 2.55. The van der Waals surface area contributed by atoms with Crippen molar-refractivity contribution in [1.29, 1.82) is 0 Å². The average Bonchev–Trinajstić information content (AvgIpc) is 2.20. The lowest BCUT2D eigenvalue weighted by Crippen LogP contribution is -1.87. The highest BCUT2D eigenvalue weighted by Gasteiger charge is 2.04. The second-order valence-electron chi connectivity index (χ2n) is 3.19. The van der Waals surface area contributed by atoms with Crippen molar-refractivity contribution in [3.05, 3.63) is 48.2 Å². The van der Waals surface area contributed by atoms with Gasteiger partial charge in [0.1, 0.15) is 0 Å². The molecule has 14 heavy (non-hydrogen) atoms. The lowest BCUT2D eigenvalue weighted by atomic mass is 10.1. The summed E-state index contributed by atoms with van der Waals surface area (Å²) in [5, 5.41) is 0. The first-order valence-electron chi connectivity index (χ1n) is 4.49. The van der Waals surface area contributed by atoms with Crippen molar-refractivity contribution >= 4 is 12.6 Å². The molecule has 0 unspecified atom stereocenters. The third-order valence-electron chi connectivity index (χ3n) is 2.17. The highest BCUT2D eigenvalue weighted by molar-refractivity contribution is 7.80. The maximum absolute atomic E-state index is 4.42. The molecule has 1 aromatic heterocycles. The fraction of sp³-hybridized carbons (Fsp3) is 0.0833. The van der Waals surface area contributed by atoms with Gasteiger partial charge in [-0.3, -0.25) is 4.98 Å². The zero-order valence-corrected chi connectivity index (χ0v) is 8.83. The van der Waals surface area contributed by atoms with Gasteiger partial charge >= 0.3 is 0 Å². The van der Waals surface area contributed by atoms with Crippen LogP contribution >= 0.6 is 12.6 Å². The predicted molar refractivity (Wildman–Crippen MR) is 61.7 cm³/mol. The highest BCUT2D eigenvalue weighted by Crippen LogP contribution is 2.26. The van der Waals surface area contributed by atoms with Gasteiger partial charge < -0.3 is 0 Å². The van der Waals surface area contributed by atoms with Crippen LogP contribution in [0.25, 0.3) is 11.3 Å². The summed E-state index contributed by atoms with van der Waals surface area (Å²) in [6.07, 6.45) is 1.81. The van der Waals surface area contributed by atoms with Gasteiger partial charge in [-0.15, -0.1) is 12.6 Å². The fourth-order valence-corrected chi connectivity index (χ4v) is 1.71. The molecule has 0 aliphatic rings. The van der Waals surface area contributed by atoms with Gasteiger partial charge in [-0.25, -0.2) is 0 Å². The number of thiol groups is 1. The highest BCUT2D eigenvalue weighted by atomic mass is 32.1. The van der Waals surface area contributed by atoms with Crippen molar-refractivity contribution in [3.63, 3.8) is 0 Å². The minimum Gasteiger partial charge on any atom is -0.256 e. The van der Waals surface area contributed by atoms with Crippen LogP contribution in [0.5, 0.6) is 0 Å². The van der Waals surface area contributed by atoms with Crippen LogP contribution in [0.15, 0.2) is 47.5 Å². The van der Waals surface area contributed by atoms with Gasteiger partial charge in [0.25, 0.3) is 0 Å². The Hall–Kier alpha value is -1.28. The third kappa shape index (κ3) is 1.66. The summed E-state index contributed by atoms with van der Waals surface area (Å²) in [7, 11) is 0. The quantitative estimate of drug-likeness (QED) is 0.698. The minimum absolute atomic E-state index is 0.967. The first kappa shape index (κ1) is 9.28. The van der Waals surface area contributed by atoms with E-state index in [1.165, 1.54) is 5.56 Å². The molecule has 0 saturated carbocycles. The van der Waals surface area contributed by atoms with Crippen LogP contribution in [-0.4, -0.2) is 4.98 Å². The van der Waals surface area contributed by atoms with E-state index in [9.17, 15) is 0 Å². The Morgan fingerprint density at radius 3 is 2.57 bits per heavy atom. The number of hydrogen-bond donors (Lipinski definition) is 1. The molecule has 0 amide bonds. The number of benzene rings is 1. The van der Waals surface area contributed by atoms with E-state index in [0.717, 1.165) is 16.2 Å². The van der Waals surface area contributed by atoms with Crippen LogP contribution < -0.4 is 0 Å². The van der Waals surface area contributed by atoms with Crippen LogP contribution in [0.2, 0.25) is 0 Å². The number of aromatic nitrogens is 1. The van der Waals surface area contributed by atoms with E-state index >= 15 is 0 Å². The maximum atomic E-state index is 4.42. The van der Waals surface area contributed by atoms with E-state index in [1.807, 2.05) is 36.5 Å². The van der Waals surface area contributed by atoms with E-state index in [2.05, 4.69) is 30.6 Å². The molecule has 2 rings (SSSR count). The first-order chi connectivity index (χ1) is 6.79. The van der Waals surface area contributed by atoms with Crippen LogP contribution in [0.4, 0.5) is 0 Å². The van der Waals surface area contributed by atoms with Crippen molar-refractivity contribution in [2.45, 2.75) is 11.8 Å². The van der Waals surface area contributed by atoms with Gasteiger partial charge in [0.15, 0.2) is 0 Å². The largest absolute Gasteiger partial charge is 0.256 e. The third-order valence-corrected chi connectivity index (χ3v) is 2.56. The summed E-state index contributed by atoms with van der Waals surface area (Å²) in [6, 6.07) is 12.0. The molecule has 0 N–H and O–H groups in total. The molecule has 0 atom stereocenters. The number of pyridine rings is 1. The Morgan fingerprint density at radius 1 is 1.07 bits per heavy atom. The van der Waals surface area contributed by atoms with E-state index in [0.29, 0.717) is 0 Å². The zero-order valence-electron chi connectivity index (χ0n) is 7.94. The smallest absolute Gasteiger partial charge is 0.0742 e. The Bertz CT molecular complexity index is 408. The summed E-state index contributed by atoms with van der Waals surface area (Å²) in [5.41, 5.74) is 3.28. The molecule has 2 aromatic rings. The summed E-state index contributed by atoms with van der Waals surface area (Å²) >= 11 is 4.42. The van der Waals surface area contributed by atoms with E-state index in [4.69, 9.17) is 0 Å². The molecule has 1 aromatic carbocycles. The first-order valence-corrected chi connectivity index (χ1v) is 4.94. The number of rotatable bonds is 1. The molecular weight excluding hydrogens is 190 g/mol.